The van der Waals surface area contributed by atoms with Gasteiger partial charge < -0.3 is 19.9 Å². The van der Waals surface area contributed by atoms with E-state index < -0.39 is 12.8 Å². The number of alkyl halides is 3. The summed E-state index contributed by atoms with van der Waals surface area (Å²) in [7, 11) is 1.86. The molecule has 0 saturated carbocycles. The van der Waals surface area contributed by atoms with Crippen molar-refractivity contribution in [1.82, 2.24) is 25.4 Å². The lowest BCUT2D eigenvalue weighted by atomic mass is 10.1. The molecule has 2 rings (SSSR count). The van der Waals surface area contributed by atoms with E-state index in [1.54, 1.807) is 18.5 Å². The van der Waals surface area contributed by atoms with Crippen LogP contribution in [0.5, 0.6) is 0 Å². The molecule has 0 aliphatic rings. The van der Waals surface area contributed by atoms with Gasteiger partial charge in [-0.3, -0.25) is 0 Å². The second-order valence-corrected chi connectivity index (χ2v) is 5.83. The van der Waals surface area contributed by atoms with Crippen LogP contribution in [0.3, 0.4) is 0 Å². The summed E-state index contributed by atoms with van der Waals surface area (Å²) in [6.45, 7) is 2.26. The lowest BCUT2D eigenvalue weighted by Gasteiger charge is -2.11. The predicted octanol–water partition coefficient (Wildman–Crippen LogP) is 2.15. The Bertz CT molecular complexity index is 727. The molecule has 0 amide bonds. The molecule has 0 fully saturated rings. The summed E-state index contributed by atoms with van der Waals surface area (Å²) in [5.74, 6) is 1.42. The van der Waals surface area contributed by atoms with Crippen LogP contribution in [0.4, 0.5) is 13.2 Å². The molecular weight excluding hydrogens is 361 g/mol. The summed E-state index contributed by atoms with van der Waals surface area (Å²) in [4.78, 5) is 4.49. The van der Waals surface area contributed by atoms with Crippen molar-refractivity contribution >= 4 is 5.96 Å². The minimum atomic E-state index is -4.31. The quantitative estimate of drug-likeness (QED) is 0.539. The zero-order chi connectivity index (χ0) is 19.7. The monoisotopic (exact) mass is 384 g/mol. The molecule has 7 nitrogen and oxygen atoms in total. The first-order valence-electron chi connectivity index (χ1n) is 8.44. The third kappa shape index (κ3) is 7.65. The van der Waals surface area contributed by atoms with E-state index in [9.17, 15) is 13.2 Å². The molecular formula is C17H23F3N6O. The topological polar surface area (TPSA) is 76.4 Å². The fraction of sp³-hybridized carbons (Fsp3) is 0.471. The summed E-state index contributed by atoms with van der Waals surface area (Å²) in [6.07, 6.45) is -2.68. The van der Waals surface area contributed by atoms with Gasteiger partial charge in [-0.15, -0.1) is 10.2 Å². The maximum absolute atomic E-state index is 12.1. The van der Waals surface area contributed by atoms with E-state index in [0.717, 1.165) is 11.4 Å². The van der Waals surface area contributed by atoms with E-state index >= 15 is 0 Å². The number of hydrogen-bond acceptors (Lipinski definition) is 4. The normalized spacial score (nSPS) is 12.3. The fourth-order valence-electron chi connectivity index (χ4n) is 2.17. The number of guanidine groups is 1. The Morgan fingerprint density at radius 2 is 1.89 bits per heavy atom. The summed E-state index contributed by atoms with van der Waals surface area (Å²) >= 11 is 0. The average molecular weight is 384 g/mol. The Morgan fingerprint density at radius 1 is 1.19 bits per heavy atom. The number of rotatable bonds is 8. The van der Waals surface area contributed by atoms with Crippen LogP contribution < -0.4 is 10.6 Å². The van der Waals surface area contributed by atoms with Gasteiger partial charge in [0.15, 0.2) is 11.8 Å². The van der Waals surface area contributed by atoms with Gasteiger partial charge in [-0.1, -0.05) is 24.3 Å². The van der Waals surface area contributed by atoms with Gasteiger partial charge >= 0.3 is 6.18 Å². The van der Waals surface area contributed by atoms with Gasteiger partial charge in [0.2, 0.25) is 0 Å². The van der Waals surface area contributed by atoms with Crippen molar-refractivity contribution in [3.8, 4) is 0 Å². The van der Waals surface area contributed by atoms with Gasteiger partial charge in [-0.2, -0.15) is 13.2 Å². The van der Waals surface area contributed by atoms with Gasteiger partial charge in [0, 0.05) is 13.6 Å². The zero-order valence-corrected chi connectivity index (χ0v) is 15.3. The predicted molar refractivity (Wildman–Crippen MR) is 94.8 cm³/mol. The van der Waals surface area contributed by atoms with Crippen LogP contribution >= 0.6 is 0 Å². The van der Waals surface area contributed by atoms with Crippen LogP contribution in [0.15, 0.2) is 35.6 Å². The highest BCUT2D eigenvalue weighted by Gasteiger charge is 2.27. The number of ether oxygens (including phenoxy) is 1. The summed E-state index contributed by atoms with van der Waals surface area (Å²) < 4.78 is 42.7. The summed E-state index contributed by atoms with van der Waals surface area (Å²) in [6, 6.07) is 7.12. The second kappa shape index (κ2) is 9.91. The molecule has 0 bridgehead atoms. The van der Waals surface area contributed by atoms with Crippen LogP contribution in [0, 0.1) is 0 Å². The van der Waals surface area contributed by atoms with Crippen LogP contribution in [-0.4, -0.2) is 40.1 Å². The minimum absolute atomic E-state index is 0.0784. The van der Waals surface area contributed by atoms with E-state index in [1.165, 1.54) is 0 Å². The van der Waals surface area contributed by atoms with E-state index in [2.05, 4.69) is 30.6 Å². The van der Waals surface area contributed by atoms with Crippen LogP contribution in [-0.2, 0) is 31.5 Å². The minimum Gasteiger partial charge on any atom is -0.367 e. The summed E-state index contributed by atoms with van der Waals surface area (Å²) in [5.41, 5.74) is 1.62. The zero-order valence-electron chi connectivity index (χ0n) is 15.3. The van der Waals surface area contributed by atoms with Crippen molar-refractivity contribution in [1.29, 1.82) is 0 Å². The third-order valence-corrected chi connectivity index (χ3v) is 3.54. The van der Waals surface area contributed by atoms with Crippen molar-refractivity contribution in [3.05, 3.63) is 47.5 Å². The molecule has 0 atom stereocenters. The van der Waals surface area contributed by atoms with Crippen molar-refractivity contribution in [2.45, 2.75) is 32.8 Å². The highest BCUT2D eigenvalue weighted by atomic mass is 19.4. The second-order valence-electron chi connectivity index (χ2n) is 5.83. The Kier molecular flexibility index (Phi) is 7.59. The molecule has 148 valence electrons. The number of nitrogens with zero attached hydrogens (tertiary/aromatic N) is 4. The largest absolute Gasteiger partial charge is 0.411 e. The first-order chi connectivity index (χ1) is 12.9. The molecule has 0 aliphatic heterocycles. The Balaban J connectivity index is 1.86. The molecule has 0 radical (unpaired) electrons. The SMILES string of the molecule is CCNC(=NCc1ccc(COCC(F)(F)F)cc1)NCc1nncn1C. The molecule has 27 heavy (non-hydrogen) atoms. The van der Waals surface area contributed by atoms with E-state index in [4.69, 9.17) is 0 Å². The maximum atomic E-state index is 12.1. The Morgan fingerprint density at radius 3 is 2.48 bits per heavy atom. The molecule has 0 spiro atoms. The lowest BCUT2D eigenvalue weighted by molar-refractivity contribution is -0.176. The molecule has 2 aromatic rings. The first kappa shape index (κ1) is 20.7. The number of aryl methyl sites for hydroxylation is 1. The first-order valence-corrected chi connectivity index (χ1v) is 8.44. The highest BCUT2D eigenvalue weighted by molar-refractivity contribution is 5.79. The van der Waals surface area contributed by atoms with Crippen LogP contribution in [0.2, 0.25) is 0 Å². The number of benzene rings is 1. The van der Waals surface area contributed by atoms with Gasteiger partial charge in [0.05, 0.1) is 19.7 Å². The Labute approximate surface area is 155 Å². The average Bonchev–Trinajstić information content (AvgIpc) is 3.02. The molecule has 0 aliphatic carbocycles. The van der Waals surface area contributed by atoms with E-state index in [0.29, 0.717) is 31.2 Å². The van der Waals surface area contributed by atoms with Crippen molar-refractivity contribution in [2.75, 3.05) is 13.2 Å². The third-order valence-electron chi connectivity index (χ3n) is 3.54. The van der Waals surface area contributed by atoms with Gasteiger partial charge in [-0.05, 0) is 18.1 Å². The number of halogens is 3. The number of aliphatic imine (C=N–C) groups is 1. The number of hydrogen-bond donors (Lipinski definition) is 2. The maximum Gasteiger partial charge on any atom is 0.411 e. The smallest absolute Gasteiger partial charge is 0.367 e. The molecule has 2 N–H and O–H groups in total. The molecule has 0 unspecified atom stereocenters. The fourth-order valence-corrected chi connectivity index (χ4v) is 2.17. The standard InChI is InChI=1S/C17H23F3N6O/c1-3-21-16(23-9-15-25-24-12-26(15)2)22-8-13-4-6-14(7-5-13)10-27-11-17(18,19)20/h4-7,12H,3,8-11H2,1-2H3,(H2,21,22,23). The summed E-state index contributed by atoms with van der Waals surface area (Å²) in [5, 5.41) is 14.1. The molecule has 0 saturated heterocycles. The molecule has 1 aromatic carbocycles. The van der Waals surface area contributed by atoms with E-state index in [1.807, 2.05) is 30.7 Å². The van der Waals surface area contributed by atoms with Crippen LogP contribution in [0.1, 0.15) is 23.9 Å². The van der Waals surface area contributed by atoms with Gasteiger partial charge in [0.1, 0.15) is 12.9 Å². The Hall–Kier alpha value is -2.62. The van der Waals surface area contributed by atoms with Gasteiger partial charge in [-0.25, -0.2) is 4.99 Å². The lowest BCUT2D eigenvalue weighted by Crippen LogP contribution is -2.37. The van der Waals surface area contributed by atoms with Crippen molar-refractivity contribution < 1.29 is 17.9 Å². The van der Waals surface area contributed by atoms with Crippen LogP contribution in [0.25, 0.3) is 0 Å². The molecule has 10 heteroatoms. The molecule has 1 heterocycles. The number of nitrogens with one attached hydrogen (secondary N) is 2. The number of aromatic nitrogens is 3. The molecule has 1 aromatic heterocycles. The van der Waals surface area contributed by atoms with Crippen molar-refractivity contribution in [3.63, 3.8) is 0 Å². The van der Waals surface area contributed by atoms with E-state index in [-0.39, 0.29) is 6.61 Å². The van der Waals surface area contributed by atoms with Crippen molar-refractivity contribution in [2.24, 2.45) is 12.0 Å². The highest BCUT2D eigenvalue weighted by Crippen LogP contribution is 2.16. The van der Waals surface area contributed by atoms with Gasteiger partial charge in [0.25, 0.3) is 0 Å².